The van der Waals surface area contributed by atoms with Crippen LogP contribution in [0.5, 0.6) is 23.0 Å². The molecule has 5 aromatic rings. The summed E-state index contributed by atoms with van der Waals surface area (Å²) in [6, 6.07) is 35.0. The van der Waals surface area contributed by atoms with Crippen LogP contribution in [0.1, 0.15) is 134 Å². The maximum absolute atomic E-state index is 6.69. The lowest BCUT2D eigenvalue weighted by molar-refractivity contribution is 0.436. The van der Waals surface area contributed by atoms with Crippen molar-refractivity contribution in [1.82, 2.24) is 0 Å². The van der Waals surface area contributed by atoms with Crippen LogP contribution in [0, 0.1) is 0 Å². The van der Waals surface area contributed by atoms with Gasteiger partial charge >= 0.3 is 0 Å². The predicted molar refractivity (Wildman–Crippen MR) is 263 cm³/mol. The van der Waals surface area contributed by atoms with Crippen LogP contribution in [0.2, 0.25) is 5.02 Å². The summed E-state index contributed by atoms with van der Waals surface area (Å²) in [6.45, 7) is 27.8. The van der Waals surface area contributed by atoms with Crippen molar-refractivity contribution in [3.8, 4) is 23.0 Å². The van der Waals surface area contributed by atoms with E-state index in [1.165, 1.54) is 66.0 Å². The fraction of sp³-hybridized carbons (Fsp3) is 0.444. The molecule has 0 amide bonds. The van der Waals surface area contributed by atoms with E-state index in [4.69, 9.17) is 21.1 Å². The molecule has 7 heteroatoms. The predicted octanol–water partition coefficient (Wildman–Crippen LogP) is 14.9. The maximum Gasteiger partial charge on any atom is 0.133 e. The fourth-order valence-corrected chi connectivity index (χ4v) is 9.59. The Morgan fingerprint density at radius 2 is 0.770 bits per heavy atom. The lowest BCUT2D eigenvalue weighted by atomic mass is 9.82. The standard InChI is InChI=1S/C27H31ClN2O.C27H40N2O/c1-5-29(6-2)19-13-15-22-25(17-19)31-26-18-20(30(7-3)8-4)14-16-23(26)27(22)21-11-9-10-12-24(21)28;1-6-11-12-13-14-23-24-17-15-21(28(7-2)8-3)19-26(24)30-27-20-22(16-18-25(23)27)29(9-4)10-5/h9-18,27H,5-8H2,1-4H3;15-20,23H,6-14H2,1-5H3. The molecule has 0 N–H and O–H groups in total. The molecule has 2 aliphatic heterocycles. The fourth-order valence-electron chi connectivity index (χ4n) is 9.34. The summed E-state index contributed by atoms with van der Waals surface area (Å²) in [5.74, 6) is 4.39. The van der Waals surface area contributed by atoms with E-state index in [0.29, 0.717) is 5.92 Å². The Hall–Kier alpha value is -4.81. The summed E-state index contributed by atoms with van der Waals surface area (Å²) in [7, 11) is 0. The van der Waals surface area contributed by atoms with E-state index in [-0.39, 0.29) is 5.92 Å². The monoisotopic (exact) mass is 843 g/mol. The van der Waals surface area contributed by atoms with E-state index in [1.54, 1.807) is 0 Å². The first-order valence-corrected chi connectivity index (χ1v) is 23.8. The first kappa shape index (κ1) is 45.7. The lowest BCUT2D eigenvalue weighted by Crippen LogP contribution is -2.23. The Labute approximate surface area is 373 Å². The molecule has 2 aliphatic rings. The van der Waals surface area contributed by atoms with Gasteiger partial charge in [-0.25, -0.2) is 0 Å². The molecule has 326 valence electrons. The summed E-state index contributed by atoms with van der Waals surface area (Å²) in [4.78, 5) is 9.47. The second kappa shape index (κ2) is 21.8. The minimum atomic E-state index is 0.0453. The highest BCUT2D eigenvalue weighted by Gasteiger charge is 2.32. The minimum Gasteiger partial charge on any atom is -0.457 e. The van der Waals surface area contributed by atoms with E-state index >= 15 is 0 Å². The zero-order valence-corrected chi connectivity index (χ0v) is 39.3. The molecule has 2 heterocycles. The van der Waals surface area contributed by atoms with Crippen molar-refractivity contribution >= 4 is 34.4 Å². The summed E-state index contributed by atoms with van der Waals surface area (Å²) in [5.41, 5.74) is 11.0. The molecule has 0 unspecified atom stereocenters. The molecule has 0 spiro atoms. The number of anilines is 4. The second-order valence-electron chi connectivity index (χ2n) is 16.1. The van der Waals surface area contributed by atoms with Crippen LogP contribution in [-0.2, 0) is 0 Å². The molecule has 7 rings (SSSR count). The number of ether oxygens (including phenoxy) is 2. The largest absolute Gasteiger partial charge is 0.457 e. The normalized spacial score (nSPS) is 12.8. The van der Waals surface area contributed by atoms with Crippen LogP contribution in [0.15, 0.2) is 97.1 Å². The number of fused-ring (bicyclic) bond motifs is 4. The van der Waals surface area contributed by atoms with Crippen LogP contribution < -0.4 is 29.1 Å². The molecule has 0 aliphatic carbocycles. The van der Waals surface area contributed by atoms with Crippen molar-refractivity contribution in [3.63, 3.8) is 0 Å². The molecule has 0 fully saturated rings. The van der Waals surface area contributed by atoms with Crippen LogP contribution in [-0.4, -0.2) is 52.4 Å². The minimum absolute atomic E-state index is 0.0453. The summed E-state index contributed by atoms with van der Waals surface area (Å²) in [5, 5.41) is 0.784. The van der Waals surface area contributed by atoms with Gasteiger partial charge in [-0.1, -0.05) is 86.7 Å². The third-order valence-corrected chi connectivity index (χ3v) is 13.2. The number of hydrogen-bond donors (Lipinski definition) is 0. The van der Waals surface area contributed by atoms with Gasteiger partial charge in [-0.05, 0) is 97.7 Å². The zero-order chi connectivity index (χ0) is 43.5. The first-order valence-electron chi connectivity index (χ1n) is 23.4. The average Bonchev–Trinajstić information content (AvgIpc) is 3.28. The third-order valence-electron chi connectivity index (χ3n) is 12.9. The molecule has 0 saturated heterocycles. The van der Waals surface area contributed by atoms with Crippen LogP contribution in [0.4, 0.5) is 22.7 Å². The third kappa shape index (κ3) is 10.1. The summed E-state index contributed by atoms with van der Waals surface area (Å²) < 4.78 is 13.1. The second-order valence-corrected chi connectivity index (χ2v) is 16.5. The van der Waals surface area contributed by atoms with Crippen LogP contribution >= 0.6 is 11.6 Å². The van der Waals surface area contributed by atoms with E-state index in [9.17, 15) is 0 Å². The van der Waals surface area contributed by atoms with Crippen LogP contribution in [0.25, 0.3) is 0 Å². The Morgan fingerprint density at radius 3 is 1.13 bits per heavy atom. The highest BCUT2D eigenvalue weighted by molar-refractivity contribution is 6.31. The molecule has 0 saturated carbocycles. The number of benzene rings is 5. The van der Waals surface area contributed by atoms with Crippen LogP contribution in [0.3, 0.4) is 0 Å². The smallest absolute Gasteiger partial charge is 0.133 e. The lowest BCUT2D eigenvalue weighted by Gasteiger charge is -2.32. The molecule has 61 heavy (non-hydrogen) atoms. The van der Waals surface area contributed by atoms with Gasteiger partial charge in [0.25, 0.3) is 0 Å². The molecular formula is C54H71ClN4O2. The topological polar surface area (TPSA) is 31.4 Å². The van der Waals surface area contributed by atoms with Crippen molar-refractivity contribution in [2.24, 2.45) is 0 Å². The molecule has 0 radical (unpaired) electrons. The molecule has 5 aromatic carbocycles. The first-order chi connectivity index (χ1) is 29.8. The van der Waals surface area contributed by atoms with Gasteiger partial charge in [-0.15, -0.1) is 0 Å². The van der Waals surface area contributed by atoms with Gasteiger partial charge in [0.1, 0.15) is 23.0 Å². The molecule has 0 bridgehead atoms. The highest BCUT2D eigenvalue weighted by atomic mass is 35.5. The Morgan fingerprint density at radius 1 is 0.410 bits per heavy atom. The zero-order valence-electron chi connectivity index (χ0n) is 38.6. The number of unbranched alkanes of at least 4 members (excludes halogenated alkanes) is 3. The molecule has 6 nitrogen and oxygen atoms in total. The van der Waals surface area contributed by atoms with E-state index in [0.717, 1.165) is 97.1 Å². The summed E-state index contributed by atoms with van der Waals surface area (Å²) in [6.07, 6.45) is 6.38. The SMILES string of the molecule is CCCCCCC1c2ccc(N(CC)CC)cc2Oc2cc(N(CC)CC)ccc21.CCN(CC)c1ccc2c(c1)Oc1cc(N(CC)CC)ccc1C2c1ccccc1Cl. The average molecular weight is 844 g/mol. The van der Waals surface area contributed by atoms with E-state index in [2.05, 4.69) is 167 Å². The van der Waals surface area contributed by atoms with Gasteiger partial charge in [-0.3, -0.25) is 0 Å². The molecular weight excluding hydrogens is 772 g/mol. The number of nitrogens with zero attached hydrogens (tertiary/aromatic N) is 4. The van der Waals surface area contributed by atoms with Gasteiger partial charge in [-0.2, -0.15) is 0 Å². The molecule has 0 atom stereocenters. The highest BCUT2D eigenvalue weighted by Crippen LogP contribution is 2.51. The van der Waals surface area contributed by atoms with Crippen molar-refractivity contribution in [3.05, 3.63) is 130 Å². The maximum atomic E-state index is 6.69. The van der Waals surface area contributed by atoms with Gasteiger partial charge in [0, 0.05) is 138 Å². The number of rotatable bonds is 18. The van der Waals surface area contributed by atoms with Gasteiger partial charge in [0.2, 0.25) is 0 Å². The summed E-state index contributed by atoms with van der Waals surface area (Å²) >= 11 is 6.69. The van der Waals surface area contributed by atoms with Gasteiger partial charge < -0.3 is 29.1 Å². The number of halogens is 1. The van der Waals surface area contributed by atoms with Crippen molar-refractivity contribution < 1.29 is 9.47 Å². The molecule has 0 aromatic heterocycles. The van der Waals surface area contributed by atoms with Crippen molar-refractivity contribution in [2.45, 2.75) is 106 Å². The van der Waals surface area contributed by atoms with Crippen molar-refractivity contribution in [1.29, 1.82) is 0 Å². The Bertz CT molecular complexity index is 2050. The van der Waals surface area contributed by atoms with E-state index < -0.39 is 0 Å². The van der Waals surface area contributed by atoms with Gasteiger partial charge in [0.05, 0.1) is 0 Å². The Balaban J connectivity index is 0.000000204. The van der Waals surface area contributed by atoms with Gasteiger partial charge in [0.15, 0.2) is 0 Å². The quantitative estimate of drug-likeness (QED) is 0.0802. The number of hydrogen-bond acceptors (Lipinski definition) is 6. The van der Waals surface area contributed by atoms with E-state index in [1.807, 2.05) is 12.1 Å². The Kier molecular flexibility index (Phi) is 16.3. The van der Waals surface area contributed by atoms with Crippen molar-refractivity contribution in [2.75, 3.05) is 72.0 Å².